The minimum atomic E-state index is -0.00565. The maximum atomic E-state index is 5.95. The van der Waals surface area contributed by atoms with Gasteiger partial charge in [-0.2, -0.15) is 0 Å². The van der Waals surface area contributed by atoms with Crippen LogP contribution < -0.4 is 14.8 Å². The molecule has 0 radical (unpaired) electrons. The van der Waals surface area contributed by atoms with Crippen LogP contribution in [0.5, 0.6) is 11.5 Å². The van der Waals surface area contributed by atoms with E-state index in [1.807, 2.05) is 30.5 Å². The molecule has 1 N–H and O–H groups in total. The molecule has 0 aliphatic carbocycles. The fourth-order valence-electron chi connectivity index (χ4n) is 4.77. The third-order valence-electron chi connectivity index (χ3n) is 6.13. The first-order valence-corrected chi connectivity index (χ1v) is 10.8. The second-order valence-corrected chi connectivity index (χ2v) is 8.96. The number of rotatable bonds is 6. The maximum absolute atomic E-state index is 5.95. The van der Waals surface area contributed by atoms with Gasteiger partial charge in [0.25, 0.3) is 0 Å². The van der Waals surface area contributed by atoms with E-state index in [9.17, 15) is 0 Å². The zero-order chi connectivity index (χ0) is 20.3. The summed E-state index contributed by atoms with van der Waals surface area (Å²) in [5.74, 6) is 3.38. The monoisotopic (exact) mass is 395 g/mol. The van der Waals surface area contributed by atoms with Crippen molar-refractivity contribution < 1.29 is 9.47 Å². The molecule has 0 unspecified atom stereocenters. The number of fused-ring (bicyclic) bond motifs is 1. The Kier molecular flexibility index (Phi) is 5.95. The van der Waals surface area contributed by atoms with E-state index in [0.717, 1.165) is 49.7 Å². The fourth-order valence-corrected chi connectivity index (χ4v) is 4.77. The first-order chi connectivity index (χ1) is 14.0. The molecule has 156 valence electrons. The Balaban J connectivity index is 1.33. The first kappa shape index (κ1) is 20.0. The number of benzene rings is 1. The quantitative estimate of drug-likeness (QED) is 0.768. The van der Waals surface area contributed by atoms with E-state index in [2.05, 4.69) is 48.1 Å². The Labute approximate surface area is 174 Å². The predicted octanol–water partition coefficient (Wildman–Crippen LogP) is 4.70. The lowest BCUT2D eigenvalue weighted by Gasteiger charge is -2.40. The molecular weight excluding hydrogens is 362 g/mol. The van der Waals surface area contributed by atoms with Crippen molar-refractivity contribution in [3.8, 4) is 11.5 Å². The largest absolute Gasteiger partial charge is 0.486 e. The van der Waals surface area contributed by atoms with Gasteiger partial charge in [0, 0.05) is 23.3 Å². The van der Waals surface area contributed by atoms with Crippen LogP contribution >= 0.6 is 0 Å². The number of anilines is 1. The van der Waals surface area contributed by atoms with E-state index in [-0.39, 0.29) is 5.54 Å². The van der Waals surface area contributed by atoms with E-state index in [1.165, 1.54) is 5.56 Å². The SMILES string of the molecule is C[C@H](CC(C)(C)Nc1ccccn1)N1CCC(c2cccc3c2OCCO3)CC1. The van der Waals surface area contributed by atoms with Gasteiger partial charge < -0.3 is 19.7 Å². The van der Waals surface area contributed by atoms with Gasteiger partial charge in [0.05, 0.1) is 0 Å². The number of pyridine rings is 1. The third-order valence-corrected chi connectivity index (χ3v) is 6.13. The highest BCUT2D eigenvalue weighted by Gasteiger charge is 2.30. The van der Waals surface area contributed by atoms with E-state index in [0.29, 0.717) is 25.2 Å². The number of nitrogens with one attached hydrogen (secondary N) is 1. The molecule has 1 aromatic carbocycles. The Morgan fingerprint density at radius 2 is 1.90 bits per heavy atom. The highest BCUT2D eigenvalue weighted by molar-refractivity contribution is 5.49. The van der Waals surface area contributed by atoms with Crippen molar-refractivity contribution in [1.29, 1.82) is 0 Å². The maximum Gasteiger partial charge on any atom is 0.164 e. The van der Waals surface area contributed by atoms with Crippen molar-refractivity contribution in [3.05, 3.63) is 48.2 Å². The minimum absolute atomic E-state index is 0.00565. The minimum Gasteiger partial charge on any atom is -0.486 e. The van der Waals surface area contributed by atoms with Gasteiger partial charge in [-0.3, -0.25) is 0 Å². The summed E-state index contributed by atoms with van der Waals surface area (Å²) in [7, 11) is 0. The van der Waals surface area contributed by atoms with Gasteiger partial charge in [-0.15, -0.1) is 0 Å². The van der Waals surface area contributed by atoms with Gasteiger partial charge in [-0.25, -0.2) is 4.98 Å². The van der Waals surface area contributed by atoms with Crippen molar-refractivity contribution in [2.75, 3.05) is 31.6 Å². The molecule has 29 heavy (non-hydrogen) atoms. The van der Waals surface area contributed by atoms with Crippen molar-refractivity contribution in [2.45, 2.75) is 57.5 Å². The second kappa shape index (κ2) is 8.62. The van der Waals surface area contributed by atoms with Gasteiger partial charge in [-0.05, 0) is 77.2 Å². The van der Waals surface area contributed by atoms with Crippen molar-refractivity contribution >= 4 is 5.82 Å². The highest BCUT2D eigenvalue weighted by Crippen LogP contribution is 2.41. The first-order valence-electron chi connectivity index (χ1n) is 10.8. The lowest BCUT2D eigenvalue weighted by atomic mass is 9.87. The summed E-state index contributed by atoms with van der Waals surface area (Å²) < 4.78 is 11.7. The van der Waals surface area contributed by atoms with Crippen LogP contribution in [0.4, 0.5) is 5.82 Å². The smallest absolute Gasteiger partial charge is 0.164 e. The lowest BCUT2D eigenvalue weighted by Crippen LogP contribution is -2.45. The number of piperidine rings is 1. The molecule has 1 saturated heterocycles. The molecule has 3 heterocycles. The molecule has 2 aliphatic heterocycles. The molecule has 2 aliphatic rings. The van der Waals surface area contributed by atoms with Crippen LogP contribution in [0.3, 0.4) is 0 Å². The molecule has 0 amide bonds. The lowest BCUT2D eigenvalue weighted by molar-refractivity contribution is 0.138. The summed E-state index contributed by atoms with van der Waals surface area (Å²) in [5.41, 5.74) is 1.32. The summed E-state index contributed by atoms with van der Waals surface area (Å²) in [6.07, 6.45) is 5.24. The standard InChI is InChI=1S/C24H33N3O2/c1-18(17-24(2,3)26-22-9-4-5-12-25-22)27-13-10-19(11-14-27)20-7-6-8-21-23(20)29-16-15-28-21/h4-9,12,18-19H,10-11,13-17H2,1-3H3,(H,25,26)/t18-/m1/s1. The highest BCUT2D eigenvalue weighted by atomic mass is 16.6. The molecule has 2 aromatic rings. The average Bonchev–Trinajstić information content (AvgIpc) is 2.73. The van der Waals surface area contributed by atoms with Crippen LogP contribution in [0.25, 0.3) is 0 Å². The number of aromatic nitrogens is 1. The van der Waals surface area contributed by atoms with Crippen molar-refractivity contribution in [2.24, 2.45) is 0 Å². The summed E-state index contributed by atoms with van der Waals surface area (Å²) in [4.78, 5) is 7.05. The molecule has 5 heteroatoms. The zero-order valence-corrected chi connectivity index (χ0v) is 17.9. The van der Waals surface area contributed by atoms with Crippen LogP contribution in [0.1, 0.15) is 51.5 Å². The predicted molar refractivity (Wildman–Crippen MR) is 117 cm³/mol. The number of para-hydroxylation sites is 1. The number of hydrogen-bond donors (Lipinski definition) is 1. The van der Waals surface area contributed by atoms with Crippen LogP contribution in [-0.2, 0) is 0 Å². The zero-order valence-electron chi connectivity index (χ0n) is 17.9. The summed E-state index contributed by atoms with van der Waals surface area (Å²) in [6.45, 7) is 10.4. The summed E-state index contributed by atoms with van der Waals surface area (Å²) in [5, 5.41) is 3.59. The van der Waals surface area contributed by atoms with Crippen LogP contribution in [-0.4, -0.2) is 47.8 Å². The summed E-state index contributed by atoms with van der Waals surface area (Å²) in [6, 6.07) is 12.9. The fraction of sp³-hybridized carbons (Fsp3) is 0.542. The van der Waals surface area contributed by atoms with Crippen molar-refractivity contribution in [3.63, 3.8) is 0 Å². The van der Waals surface area contributed by atoms with Gasteiger partial charge >= 0.3 is 0 Å². The van der Waals surface area contributed by atoms with E-state index in [1.54, 1.807) is 0 Å². The van der Waals surface area contributed by atoms with Gasteiger partial charge in [0.2, 0.25) is 0 Å². The van der Waals surface area contributed by atoms with E-state index in [4.69, 9.17) is 9.47 Å². The number of hydrogen-bond acceptors (Lipinski definition) is 5. The Bertz CT molecular complexity index is 801. The number of ether oxygens (including phenoxy) is 2. The normalized spacial score (nSPS) is 19.0. The van der Waals surface area contributed by atoms with Gasteiger partial charge in [0.1, 0.15) is 19.0 Å². The van der Waals surface area contributed by atoms with Crippen LogP contribution in [0.15, 0.2) is 42.6 Å². The van der Waals surface area contributed by atoms with E-state index >= 15 is 0 Å². The van der Waals surface area contributed by atoms with Gasteiger partial charge in [0.15, 0.2) is 11.5 Å². The molecule has 0 saturated carbocycles. The van der Waals surface area contributed by atoms with Crippen molar-refractivity contribution in [1.82, 2.24) is 9.88 Å². The molecule has 1 aromatic heterocycles. The van der Waals surface area contributed by atoms with E-state index < -0.39 is 0 Å². The molecule has 0 bridgehead atoms. The molecular formula is C24H33N3O2. The molecule has 0 spiro atoms. The number of likely N-dealkylation sites (tertiary alicyclic amines) is 1. The molecule has 1 atom stereocenters. The number of nitrogens with zero attached hydrogens (tertiary/aromatic N) is 2. The van der Waals surface area contributed by atoms with Crippen LogP contribution in [0.2, 0.25) is 0 Å². The Morgan fingerprint density at radius 3 is 2.66 bits per heavy atom. The third kappa shape index (κ3) is 4.84. The molecule has 5 nitrogen and oxygen atoms in total. The average molecular weight is 396 g/mol. The molecule has 1 fully saturated rings. The van der Waals surface area contributed by atoms with Crippen LogP contribution in [0, 0.1) is 0 Å². The molecule has 4 rings (SSSR count). The summed E-state index contributed by atoms with van der Waals surface area (Å²) >= 11 is 0. The topological polar surface area (TPSA) is 46.6 Å². The Morgan fingerprint density at radius 1 is 1.10 bits per heavy atom. The Hall–Kier alpha value is -2.27. The van der Waals surface area contributed by atoms with Gasteiger partial charge in [-0.1, -0.05) is 18.2 Å². The second-order valence-electron chi connectivity index (χ2n) is 8.96.